The van der Waals surface area contributed by atoms with Gasteiger partial charge in [0.15, 0.2) is 18.1 Å². The van der Waals surface area contributed by atoms with Gasteiger partial charge < -0.3 is 19.5 Å². The molecule has 0 saturated heterocycles. The molecule has 0 atom stereocenters. The molecule has 1 N–H and O–H groups in total. The molecule has 0 bridgehead atoms. The van der Waals surface area contributed by atoms with Crippen molar-refractivity contribution in [3.05, 3.63) is 52.5 Å². The molecule has 0 fully saturated rings. The van der Waals surface area contributed by atoms with Gasteiger partial charge in [-0.05, 0) is 50.2 Å². The summed E-state index contributed by atoms with van der Waals surface area (Å²) >= 11 is 3.32. The summed E-state index contributed by atoms with van der Waals surface area (Å²) in [6.45, 7) is 3.40. The molecule has 26 heavy (non-hydrogen) atoms. The number of carbonyl (C=O) groups excluding carboxylic acids is 2. The summed E-state index contributed by atoms with van der Waals surface area (Å²) in [5.74, 6) is -0.0925. The summed E-state index contributed by atoms with van der Waals surface area (Å²) in [6.07, 6.45) is -0.0246. The molecule has 2 aromatic rings. The van der Waals surface area contributed by atoms with E-state index >= 15 is 0 Å². The molecule has 6 nitrogen and oxygen atoms in total. The van der Waals surface area contributed by atoms with Crippen molar-refractivity contribution in [2.75, 3.05) is 19.0 Å². The lowest BCUT2D eigenvalue weighted by Gasteiger charge is -2.14. The van der Waals surface area contributed by atoms with E-state index in [0.29, 0.717) is 17.2 Å². The standard InChI is InChI=1S/C19H20BrNO5/c1-12(2)26-16-8-7-13(9-17(16)24-3)19(23)25-11-18(22)21-15-6-4-5-14(20)10-15/h4-10,12H,11H2,1-3H3,(H,21,22). The molecular weight excluding hydrogens is 402 g/mol. The Bertz CT molecular complexity index is 791. The Hall–Kier alpha value is -2.54. The molecule has 0 aliphatic carbocycles. The molecule has 0 radical (unpaired) electrons. The Balaban J connectivity index is 1.95. The van der Waals surface area contributed by atoms with Crippen molar-refractivity contribution in [1.29, 1.82) is 0 Å². The Morgan fingerprint density at radius 2 is 1.88 bits per heavy atom. The van der Waals surface area contributed by atoms with Crippen molar-refractivity contribution in [2.24, 2.45) is 0 Å². The van der Waals surface area contributed by atoms with Crippen LogP contribution in [0.2, 0.25) is 0 Å². The Morgan fingerprint density at radius 1 is 1.12 bits per heavy atom. The zero-order chi connectivity index (χ0) is 19.1. The molecular formula is C19H20BrNO5. The number of hydrogen-bond acceptors (Lipinski definition) is 5. The lowest BCUT2D eigenvalue weighted by molar-refractivity contribution is -0.119. The van der Waals surface area contributed by atoms with Crippen LogP contribution in [0.15, 0.2) is 46.9 Å². The van der Waals surface area contributed by atoms with E-state index in [0.717, 1.165) is 4.47 Å². The Morgan fingerprint density at radius 3 is 2.54 bits per heavy atom. The summed E-state index contributed by atoms with van der Waals surface area (Å²) in [6, 6.07) is 11.8. The molecule has 2 rings (SSSR count). The summed E-state index contributed by atoms with van der Waals surface area (Å²) < 4.78 is 16.7. The van der Waals surface area contributed by atoms with Crippen molar-refractivity contribution in [3.8, 4) is 11.5 Å². The van der Waals surface area contributed by atoms with Gasteiger partial charge in [0.2, 0.25) is 0 Å². The van der Waals surface area contributed by atoms with E-state index in [1.165, 1.54) is 13.2 Å². The topological polar surface area (TPSA) is 73.9 Å². The highest BCUT2D eigenvalue weighted by Gasteiger charge is 2.14. The number of anilines is 1. The first-order valence-electron chi connectivity index (χ1n) is 7.96. The largest absolute Gasteiger partial charge is 0.493 e. The second kappa shape index (κ2) is 9.24. The van der Waals surface area contributed by atoms with Crippen LogP contribution in [-0.2, 0) is 9.53 Å². The summed E-state index contributed by atoms with van der Waals surface area (Å²) in [7, 11) is 1.49. The molecule has 2 aromatic carbocycles. The minimum absolute atomic E-state index is 0.0246. The molecule has 0 heterocycles. The molecule has 0 aromatic heterocycles. The monoisotopic (exact) mass is 421 g/mol. The molecule has 0 aliphatic rings. The first-order valence-corrected chi connectivity index (χ1v) is 8.75. The average Bonchev–Trinajstić information content (AvgIpc) is 2.59. The van der Waals surface area contributed by atoms with Crippen molar-refractivity contribution in [2.45, 2.75) is 20.0 Å². The van der Waals surface area contributed by atoms with Crippen molar-refractivity contribution in [3.63, 3.8) is 0 Å². The van der Waals surface area contributed by atoms with Crippen LogP contribution >= 0.6 is 15.9 Å². The number of esters is 1. The zero-order valence-corrected chi connectivity index (χ0v) is 16.3. The fraction of sp³-hybridized carbons (Fsp3) is 0.263. The van der Waals surface area contributed by atoms with Crippen molar-refractivity contribution >= 4 is 33.5 Å². The van der Waals surface area contributed by atoms with Gasteiger partial charge in [0.25, 0.3) is 5.91 Å². The molecule has 0 aliphatic heterocycles. The van der Waals surface area contributed by atoms with Crippen LogP contribution in [0.5, 0.6) is 11.5 Å². The van der Waals surface area contributed by atoms with Crippen molar-refractivity contribution in [1.82, 2.24) is 0 Å². The Kier molecular flexibility index (Phi) is 7.03. The number of nitrogens with one attached hydrogen (secondary N) is 1. The van der Waals surface area contributed by atoms with E-state index in [1.807, 2.05) is 19.9 Å². The maximum absolute atomic E-state index is 12.2. The first kappa shape index (κ1) is 19.8. The van der Waals surface area contributed by atoms with Gasteiger partial charge in [-0.3, -0.25) is 4.79 Å². The number of rotatable bonds is 7. The van der Waals surface area contributed by atoms with Crippen LogP contribution < -0.4 is 14.8 Å². The van der Waals surface area contributed by atoms with E-state index in [-0.39, 0.29) is 11.7 Å². The zero-order valence-electron chi connectivity index (χ0n) is 14.7. The van der Waals surface area contributed by atoms with Gasteiger partial charge in [0, 0.05) is 10.2 Å². The van der Waals surface area contributed by atoms with E-state index in [4.69, 9.17) is 14.2 Å². The molecule has 7 heteroatoms. The quantitative estimate of drug-likeness (QED) is 0.682. The minimum atomic E-state index is -0.621. The number of methoxy groups -OCH3 is 1. The SMILES string of the molecule is COc1cc(C(=O)OCC(=O)Nc2cccc(Br)c2)ccc1OC(C)C. The van der Waals surface area contributed by atoms with Crippen LogP contribution in [0.3, 0.4) is 0 Å². The van der Waals surface area contributed by atoms with Gasteiger partial charge in [-0.15, -0.1) is 0 Å². The van der Waals surface area contributed by atoms with Crippen LogP contribution in [0, 0.1) is 0 Å². The van der Waals surface area contributed by atoms with Gasteiger partial charge in [-0.2, -0.15) is 0 Å². The second-order valence-electron chi connectivity index (χ2n) is 5.67. The number of hydrogen-bond donors (Lipinski definition) is 1. The molecule has 0 saturated carbocycles. The molecule has 0 unspecified atom stereocenters. The fourth-order valence-electron chi connectivity index (χ4n) is 2.12. The normalized spacial score (nSPS) is 10.3. The molecule has 0 spiro atoms. The third-order valence-electron chi connectivity index (χ3n) is 3.20. The fourth-order valence-corrected chi connectivity index (χ4v) is 2.52. The summed E-state index contributed by atoms with van der Waals surface area (Å²) in [5.41, 5.74) is 0.880. The highest BCUT2D eigenvalue weighted by Crippen LogP contribution is 2.29. The van der Waals surface area contributed by atoms with Crippen LogP contribution in [0.1, 0.15) is 24.2 Å². The van der Waals surface area contributed by atoms with E-state index in [9.17, 15) is 9.59 Å². The average molecular weight is 422 g/mol. The third kappa shape index (κ3) is 5.77. The van der Waals surface area contributed by atoms with Gasteiger partial charge in [0.1, 0.15) is 0 Å². The van der Waals surface area contributed by atoms with Gasteiger partial charge in [-0.1, -0.05) is 22.0 Å². The smallest absolute Gasteiger partial charge is 0.338 e. The first-order chi connectivity index (χ1) is 12.4. The van der Waals surface area contributed by atoms with Gasteiger partial charge in [0.05, 0.1) is 18.8 Å². The van der Waals surface area contributed by atoms with E-state index < -0.39 is 18.5 Å². The number of benzene rings is 2. The molecule has 1 amide bonds. The van der Waals surface area contributed by atoms with E-state index in [2.05, 4.69) is 21.2 Å². The van der Waals surface area contributed by atoms with Crippen molar-refractivity contribution < 1.29 is 23.8 Å². The van der Waals surface area contributed by atoms with Crippen LogP contribution in [-0.4, -0.2) is 31.7 Å². The molecule has 138 valence electrons. The number of amides is 1. The predicted octanol–water partition coefficient (Wildman–Crippen LogP) is 4.04. The highest BCUT2D eigenvalue weighted by atomic mass is 79.9. The van der Waals surface area contributed by atoms with Gasteiger partial charge >= 0.3 is 5.97 Å². The third-order valence-corrected chi connectivity index (χ3v) is 3.70. The maximum atomic E-state index is 12.2. The lowest BCUT2D eigenvalue weighted by Crippen LogP contribution is -2.21. The minimum Gasteiger partial charge on any atom is -0.493 e. The van der Waals surface area contributed by atoms with Crippen LogP contribution in [0.4, 0.5) is 5.69 Å². The summed E-state index contributed by atoms with van der Waals surface area (Å²) in [4.78, 5) is 24.1. The highest BCUT2D eigenvalue weighted by molar-refractivity contribution is 9.10. The lowest BCUT2D eigenvalue weighted by atomic mass is 10.2. The summed E-state index contributed by atoms with van der Waals surface area (Å²) in [5, 5.41) is 2.65. The predicted molar refractivity (Wildman–Crippen MR) is 102 cm³/mol. The van der Waals surface area contributed by atoms with E-state index in [1.54, 1.807) is 30.3 Å². The maximum Gasteiger partial charge on any atom is 0.338 e. The van der Waals surface area contributed by atoms with Gasteiger partial charge in [-0.25, -0.2) is 4.79 Å². The Labute approximate surface area is 160 Å². The second-order valence-corrected chi connectivity index (χ2v) is 6.58. The van der Waals surface area contributed by atoms with Crippen LogP contribution in [0.25, 0.3) is 0 Å². The number of ether oxygens (including phenoxy) is 3. The number of carbonyl (C=O) groups is 2. The number of halogens is 1.